The molecule has 2 heterocycles. The van der Waals surface area contributed by atoms with Crippen molar-refractivity contribution in [2.24, 2.45) is 0 Å². The summed E-state index contributed by atoms with van der Waals surface area (Å²) < 4.78 is 38.4. The number of sulfonamides is 1. The Morgan fingerprint density at radius 3 is 2.45 bits per heavy atom. The lowest BCUT2D eigenvalue weighted by atomic mass is 10.1. The highest BCUT2D eigenvalue weighted by atomic mass is 32.2. The minimum absolute atomic E-state index is 0.0701. The molecule has 10 heteroatoms. The lowest BCUT2D eigenvalue weighted by Crippen LogP contribution is -2.50. The summed E-state index contributed by atoms with van der Waals surface area (Å²) in [5.41, 5.74) is 1.75. The van der Waals surface area contributed by atoms with E-state index < -0.39 is 27.9 Å². The summed E-state index contributed by atoms with van der Waals surface area (Å²) in [7, 11) is -3.04. The number of ether oxygens (including phenoxy) is 1. The van der Waals surface area contributed by atoms with Crippen molar-refractivity contribution in [1.29, 1.82) is 0 Å². The molecule has 0 saturated carbocycles. The fourth-order valence-corrected chi connectivity index (χ4v) is 5.30. The SMILES string of the molecule is COC(=O)C1CN(C(=O)c2cc(C)co2)c2ccccc2CN1S(=O)(=O)c1ccc(O)cc1. The van der Waals surface area contributed by atoms with Crippen molar-refractivity contribution in [3.8, 4) is 5.75 Å². The van der Waals surface area contributed by atoms with Crippen molar-refractivity contribution in [2.45, 2.75) is 24.4 Å². The second-order valence-electron chi connectivity index (χ2n) is 7.62. The minimum atomic E-state index is -4.20. The number of aryl methyl sites for hydroxylation is 1. The van der Waals surface area contributed by atoms with E-state index in [2.05, 4.69) is 0 Å². The van der Waals surface area contributed by atoms with Crippen molar-refractivity contribution < 1.29 is 32.3 Å². The number of benzene rings is 2. The van der Waals surface area contributed by atoms with E-state index in [0.29, 0.717) is 11.3 Å². The molecule has 3 aromatic rings. The highest BCUT2D eigenvalue weighted by molar-refractivity contribution is 7.89. The van der Waals surface area contributed by atoms with Crippen LogP contribution in [0, 0.1) is 6.92 Å². The fraction of sp³-hybridized carbons (Fsp3) is 0.217. The third-order valence-corrected chi connectivity index (χ3v) is 7.28. The number of phenols is 1. The molecule has 1 N–H and O–H groups in total. The van der Waals surface area contributed by atoms with Gasteiger partial charge in [0.1, 0.15) is 11.8 Å². The van der Waals surface area contributed by atoms with Crippen molar-refractivity contribution in [3.05, 3.63) is 77.7 Å². The molecule has 2 aromatic carbocycles. The van der Waals surface area contributed by atoms with Crippen molar-refractivity contribution in [1.82, 2.24) is 4.31 Å². The molecule has 1 amide bonds. The van der Waals surface area contributed by atoms with Gasteiger partial charge < -0.3 is 19.2 Å². The lowest BCUT2D eigenvalue weighted by molar-refractivity contribution is -0.144. The fourth-order valence-electron chi connectivity index (χ4n) is 3.75. The van der Waals surface area contributed by atoms with Crippen molar-refractivity contribution in [3.63, 3.8) is 0 Å². The number of methoxy groups -OCH3 is 1. The largest absolute Gasteiger partial charge is 0.508 e. The van der Waals surface area contributed by atoms with Crippen LogP contribution in [0.4, 0.5) is 5.69 Å². The molecule has 1 unspecified atom stereocenters. The molecule has 9 nitrogen and oxygen atoms in total. The zero-order valence-corrected chi connectivity index (χ0v) is 18.8. The quantitative estimate of drug-likeness (QED) is 0.583. The molecule has 1 atom stereocenters. The average Bonchev–Trinajstić information content (AvgIpc) is 3.16. The van der Waals surface area contributed by atoms with Gasteiger partial charge in [0, 0.05) is 12.2 Å². The number of carbonyl (C=O) groups excluding carboxylic acids is 2. The Hall–Kier alpha value is -3.63. The third-order valence-electron chi connectivity index (χ3n) is 5.41. The van der Waals surface area contributed by atoms with Gasteiger partial charge in [0.25, 0.3) is 5.91 Å². The van der Waals surface area contributed by atoms with Gasteiger partial charge in [-0.3, -0.25) is 9.59 Å². The van der Waals surface area contributed by atoms with E-state index in [9.17, 15) is 23.1 Å². The van der Waals surface area contributed by atoms with E-state index in [1.54, 1.807) is 37.3 Å². The zero-order valence-electron chi connectivity index (χ0n) is 18.0. The monoisotopic (exact) mass is 470 g/mol. The van der Waals surface area contributed by atoms with Crippen LogP contribution in [0.2, 0.25) is 0 Å². The zero-order chi connectivity index (χ0) is 23.8. The number of esters is 1. The van der Waals surface area contributed by atoms with Crippen molar-refractivity contribution in [2.75, 3.05) is 18.6 Å². The molecule has 0 radical (unpaired) electrons. The Balaban J connectivity index is 1.84. The predicted octanol–water partition coefficient (Wildman–Crippen LogP) is 2.69. The maximum absolute atomic E-state index is 13.6. The molecule has 0 spiro atoms. The van der Waals surface area contributed by atoms with Gasteiger partial charge in [-0.05, 0) is 54.4 Å². The number of amides is 1. The van der Waals surface area contributed by atoms with Crippen LogP contribution in [0.3, 0.4) is 0 Å². The number of para-hydroxylation sites is 1. The number of hydrogen-bond acceptors (Lipinski definition) is 7. The van der Waals surface area contributed by atoms with E-state index in [-0.39, 0.29) is 29.5 Å². The Morgan fingerprint density at radius 2 is 1.82 bits per heavy atom. The summed E-state index contributed by atoms with van der Waals surface area (Å²) in [4.78, 5) is 27.4. The predicted molar refractivity (Wildman–Crippen MR) is 118 cm³/mol. The van der Waals surface area contributed by atoms with Crippen LogP contribution in [0.15, 0.2) is 70.2 Å². The standard InChI is InChI=1S/C23H22N2O7S/c1-15-11-21(32-14-15)22(27)24-13-20(23(28)31-2)25(12-16-5-3-4-6-19(16)24)33(29,30)18-9-7-17(26)8-10-18/h3-11,14,20,26H,12-13H2,1-2H3. The van der Waals surface area contributed by atoms with Gasteiger partial charge in [-0.25, -0.2) is 8.42 Å². The van der Waals surface area contributed by atoms with E-state index in [0.717, 1.165) is 17.0 Å². The molecule has 1 aliphatic rings. The van der Waals surface area contributed by atoms with Crippen molar-refractivity contribution >= 4 is 27.6 Å². The number of anilines is 1. The van der Waals surface area contributed by atoms with E-state index >= 15 is 0 Å². The number of phenolic OH excluding ortho intramolecular Hbond substituents is 1. The summed E-state index contributed by atoms with van der Waals surface area (Å²) in [5, 5.41) is 9.56. The van der Waals surface area contributed by atoms with E-state index in [1.165, 1.54) is 35.4 Å². The number of nitrogens with zero attached hydrogens (tertiary/aromatic N) is 2. The highest BCUT2D eigenvalue weighted by Crippen LogP contribution is 2.33. The molecule has 4 rings (SSSR count). The number of aromatic hydroxyl groups is 1. The summed E-state index contributed by atoms with van der Waals surface area (Å²) in [6.07, 6.45) is 1.44. The summed E-state index contributed by atoms with van der Waals surface area (Å²) in [5.74, 6) is -1.34. The number of hydrogen-bond donors (Lipinski definition) is 1. The Kier molecular flexibility index (Phi) is 5.96. The van der Waals surface area contributed by atoms with E-state index in [1.807, 2.05) is 0 Å². The first kappa shape index (κ1) is 22.6. The van der Waals surface area contributed by atoms with Gasteiger partial charge in [0.2, 0.25) is 10.0 Å². The first-order valence-electron chi connectivity index (χ1n) is 10.1. The molecule has 0 bridgehead atoms. The molecular formula is C23H22N2O7S. The molecule has 172 valence electrons. The molecule has 1 aromatic heterocycles. The molecule has 1 aliphatic heterocycles. The molecule has 33 heavy (non-hydrogen) atoms. The van der Waals surface area contributed by atoms with Crippen LogP contribution >= 0.6 is 0 Å². The summed E-state index contributed by atoms with van der Waals surface area (Å²) in [6.45, 7) is 1.33. The Labute approximate surface area is 190 Å². The van der Waals surface area contributed by atoms with Gasteiger partial charge in [-0.15, -0.1) is 0 Å². The normalized spacial score (nSPS) is 16.7. The molecule has 0 aliphatic carbocycles. The summed E-state index contributed by atoms with van der Waals surface area (Å²) in [6, 6.07) is 12.1. The average molecular weight is 471 g/mol. The van der Waals surface area contributed by atoms with Gasteiger partial charge >= 0.3 is 5.97 Å². The maximum Gasteiger partial charge on any atom is 0.326 e. The van der Waals surface area contributed by atoms with Crippen LogP contribution in [0.25, 0.3) is 0 Å². The highest BCUT2D eigenvalue weighted by Gasteiger charge is 2.42. The van der Waals surface area contributed by atoms with E-state index in [4.69, 9.17) is 9.15 Å². The minimum Gasteiger partial charge on any atom is -0.508 e. The third kappa shape index (κ3) is 4.22. The molecule has 0 saturated heterocycles. The number of furan rings is 1. The van der Waals surface area contributed by atoms with Crippen LogP contribution in [0.1, 0.15) is 21.7 Å². The van der Waals surface area contributed by atoms with Gasteiger partial charge in [0.15, 0.2) is 5.76 Å². The topological polar surface area (TPSA) is 117 Å². The second-order valence-corrected chi connectivity index (χ2v) is 9.51. The van der Waals surface area contributed by atoms with Gasteiger partial charge in [0.05, 0.1) is 24.8 Å². The number of rotatable bonds is 4. The van der Waals surface area contributed by atoms with Gasteiger partial charge in [-0.2, -0.15) is 4.31 Å². The van der Waals surface area contributed by atoms with Crippen LogP contribution in [-0.2, 0) is 26.1 Å². The van der Waals surface area contributed by atoms with Crippen LogP contribution < -0.4 is 4.90 Å². The first-order valence-corrected chi connectivity index (χ1v) is 11.5. The molecule has 0 fully saturated rings. The molecular weight excluding hydrogens is 448 g/mol. The summed E-state index contributed by atoms with van der Waals surface area (Å²) >= 11 is 0. The first-order chi connectivity index (χ1) is 15.7. The number of fused-ring (bicyclic) bond motifs is 1. The Morgan fingerprint density at radius 1 is 1.12 bits per heavy atom. The van der Waals surface area contributed by atoms with Crippen LogP contribution in [-0.4, -0.2) is 49.4 Å². The smallest absolute Gasteiger partial charge is 0.326 e. The van der Waals surface area contributed by atoms with Crippen LogP contribution in [0.5, 0.6) is 5.75 Å². The van der Waals surface area contributed by atoms with Gasteiger partial charge in [-0.1, -0.05) is 18.2 Å². The maximum atomic E-state index is 13.6. The number of carbonyl (C=O) groups is 2. The second kappa shape index (κ2) is 8.72. The lowest BCUT2D eigenvalue weighted by Gasteiger charge is -2.29. The Bertz CT molecular complexity index is 1300.